The van der Waals surface area contributed by atoms with Crippen molar-refractivity contribution >= 4 is 5.84 Å². The minimum atomic E-state index is -0.547. The number of phenols is 1. The highest BCUT2D eigenvalue weighted by molar-refractivity contribution is 5.96. The van der Waals surface area contributed by atoms with Crippen molar-refractivity contribution in [1.82, 2.24) is 9.88 Å². The predicted octanol–water partition coefficient (Wildman–Crippen LogP) is 5.08. The summed E-state index contributed by atoms with van der Waals surface area (Å²) in [7, 11) is 0. The number of aromatic hydroxyl groups is 1. The Morgan fingerprint density at radius 1 is 0.968 bits per heavy atom. The van der Waals surface area contributed by atoms with Crippen LogP contribution in [0.15, 0.2) is 95.0 Å². The summed E-state index contributed by atoms with van der Waals surface area (Å²) in [5.74, 6) is 0.932. The first-order valence-corrected chi connectivity index (χ1v) is 9.72. The molecule has 2 aromatic heterocycles. The van der Waals surface area contributed by atoms with Crippen LogP contribution in [0.3, 0.4) is 0 Å². The number of aromatic nitrogens is 1. The molecular weight excluding hydrogens is 397 g/mol. The Labute approximate surface area is 177 Å². The minimum absolute atomic E-state index is 0.162. The Morgan fingerprint density at radius 3 is 2.58 bits per heavy atom. The quantitative estimate of drug-likeness (QED) is 0.492. The lowest BCUT2D eigenvalue weighted by atomic mass is 10.0. The first kappa shape index (κ1) is 18.9. The summed E-state index contributed by atoms with van der Waals surface area (Å²) in [5, 5.41) is 13.9. The van der Waals surface area contributed by atoms with Gasteiger partial charge in [0.15, 0.2) is 5.76 Å². The zero-order valence-electron chi connectivity index (χ0n) is 16.4. The van der Waals surface area contributed by atoms with Gasteiger partial charge in [-0.2, -0.15) is 0 Å². The van der Waals surface area contributed by atoms with Crippen LogP contribution in [0, 0.1) is 5.82 Å². The highest BCUT2D eigenvalue weighted by atomic mass is 19.1. The van der Waals surface area contributed by atoms with Crippen LogP contribution in [-0.4, -0.2) is 20.8 Å². The fourth-order valence-electron chi connectivity index (χ4n) is 3.63. The van der Waals surface area contributed by atoms with Gasteiger partial charge in [0.2, 0.25) is 12.1 Å². The van der Waals surface area contributed by atoms with Crippen molar-refractivity contribution in [2.45, 2.75) is 12.8 Å². The van der Waals surface area contributed by atoms with E-state index in [1.807, 2.05) is 4.90 Å². The largest absolute Gasteiger partial charge is 0.508 e. The minimum Gasteiger partial charge on any atom is -0.508 e. The normalized spacial score (nSPS) is 15.6. The van der Waals surface area contributed by atoms with Crippen molar-refractivity contribution in [1.29, 1.82) is 0 Å². The molecular formula is C24H18FN3O3. The molecule has 1 aliphatic heterocycles. The summed E-state index contributed by atoms with van der Waals surface area (Å²) >= 11 is 0. The number of benzene rings is 2. The van der Waals surface area contributed by atoms with Crippen molar-refractivity contribution < 1.29 is 18.8 Å². The van der Waals surface area contributed by atoms with Crippen molar-refractivity contribution in [2.75, 3.05) is 0 Å². The van der Waals surface area contributed by atoms with Crippen LogP contribution in [-0.2, 0) is 11.4 Å². The van der Waals surface area contributed by atoms with Gasteiger partial charge in [-0.05, 0) is 59.7 Å². The number of nitrogens with zero attached hydrogens (tertiary/aromatic N) is 3. The molecule has 31 heavy (non-hydrogen) atoms. The number of rotatable bonds is 5. The lowest BCUT2D eigenvalue weighted by Gasteiger charge is -2.26. The van der Waals surface area contributed by atoms with Gasteiger partial charge in [-0.3, -0.25) is 4.98 Å². The third-order valence-electron chi connectivity index (χ3n) is 5.12. The monoisotopic (exact) mass is 415 g/mol. The fourth-order valence-corrected chi connectivity index (χ4v) is 3.63. The summed E-state index contributed by atoms with van der Waals surface area (Å²) < 4.78 is 20.1. The number of hydrogen-bond acceptors (Lipinski definition) is 6. The van der Waals surface area contributed by atoms with E-state index >= 15 is 0 Å². The van der Waals surface area contributed by atoms with Gasteiger partial charge < -0.3 is 19.3 Å². The standard InChI is InChI=1S/C24H18FN3O3/c25-21-5-2-1-4-20(21)19-11-12-26-14-17(19)15-28-23(22-6-3-13-30-22)27-31-24(28)16-7-9-18(29)10-8-16/h1-14,24,29H,15H2. The number of phenolic OH excluding ortho intramolecular Hbond substituents is 1. The fraction of sp³-hybridized carbons (Fsp3) is 0.0833. The van der Waals surface area contributed by atoms with Crippen LogP contribution in [0.5, 0.6) is 5.75 Å². The van der Waals surface area contributed by atoms with Crippen LogP contribution >= 0.6 is 0 Å². The van der Waals surface area contributed by atoms with Crippen LogP contribution in [0.1, 0.15) is 23.1 Å². The molecule has 0 fully saturated rings. The molecule has 0 aliphatic carbocycles. The Hall–Kier alpha value is -4.13. The molecule has 0 bridgehead atoms. The smallest absolute Gasteiger partial charge is 0.227 e. The van der Waals surface area contributed by atoms with Crippen LogP contribution < -0.4 is 0 Å². The van der Waals surface area contributed by atoms with Gasteiger partial charge >= 0.3 is 0 Å². The third kappa shape index (κ3) is 3.61. The maximum atomic E-state index is 14.5. The summed E-state index contributed by atoms with van der Waals surface area (Å²) in [4.78, 5) is 11.9. The number of halogens is 1. The van der Waals surface area contributed by atoms with E-state index in [0.717, 1.165) is 16.7 Å². The van der Waals surface area contributed by atoms with Gasteiger partial charge in [0.25, 0.3) is 0 Å². The Bertz CT molecular complexity index is 1220. The highest BCUT2D eigenvalue weighted by Gasteiger charge is 2.34. The zero-order valence-corrected chi connectivity index (χ0v) is 16.4. The Morgan fingerprint density at radius 2 is 1.81 bits per heavy atom. The molecule has 6 nitrogen and oxygen atoms in total. The molecule has 0 amide bonds. The van der Waals surface area contributed by atoms with E-state index in [2.05, 4.69) is 10.1 Å². The molecule has 1 N–H and O–H groups in total. The van der Waals surface area contributed by atoms with Gasteiger partial charge in [-0.1, -0.05) is 23.4 Å². The Kier molecular flexibility index (Phi) is 4.84. The average Bonchev–Trinajstić information content (AvgIpc) is 3.45. The van der Waals surface area contributed by atoms with Crippen LogP contribution in [0.25, 0.3) is 11.1 Å². The average molecular weight is 415 g/mol. The number of pyridine rings is 1. The highest BCUT2D eigenvalue weighted by Crippen LogP contribution is 2.35. The summed E-state index contributed by atoms with van der Waals surface area (Å²) in [6.07, 6.45) is 4.38. The first-order valence-electron chi connectivity index (χ1n) is 9.72. The van der Waals surface area contributed by atoms with Gasteiger partial charge in [0, 0.05) is 23.5 Å². The molecule has 2 aromatic carbocycles. The molecule has 4 aromatic rings. The zero-order chi connectivity index (χ0) is 21.2. The molecule has 5 rings (SSSR count). The van der Waals surface area contributed by atoms with Crippen molar-refractivity contribution in [3.05, 3.63) is 108 Å². The van der Waals surface area contributed by atoms with E-state index in [9.17, 15) is 9.50 Å². The second-order valence-electron chi connectivity index (χ2n) is 7.08. The van der Waals surface area contributed by atoms with Crippen molar-refractivity contribution in [2.24, 2.45) is 5.16 Å². The maximum Gasteiger partial charge on any atom is 0.227 e. The predicted molar refractivity (Wildman–Crippen MR) is 112 cm³/mol. The third-order valence-corrected chi connectivity index (χ3v) is 5.12. The lowest BCUT2D eigenvalue weighted by molar-refractivity contribution is 0.00573. The lowest BCUT2D eigenvalue weighted by Crippen LogP contribution is -2.31. The molecule has 154 valence electrons. The summed E-state index contributed by atoms with van der Waals surface area (Å²) in [6.45, 7) is 0.350. The molecule has 0 saturated heterocycles. The molecule has 7 heteroatoms. The van der Waals surface area contributed by atoms with Gasteiger partial charge in [-0.25, -0.2) is 4.39 Å². The summed E-state index contributed by atoms with van der Waals surface area (Å²) in [6, 6.07) is 18.8. The van der Waals surface area contributed by atoms with Gasteiger partial charge in [0.1, 0.15) is 11.6 Å². The number of oxime groups is 1. The van der Waals surface area contributed by atoms with Crippen molar-refractivity contribution in [3.8, 4) is 16.9 Å². The van der Waals surface area contributed by atoms with Gasteiger partial charge in [-0.15, -0.1) is 0 Å². The van der Waals surface area contributed by atoms with E-state index in [1.54, 1.807) is 79.3 Å². The molecule has 0 spiro atoms. The molecule has 1 aliphatic rings. The van der Waals surface area contributed by atoms with E-state index in [-0.39, 0.29) is 11.6 Å². The maximum absolute atomic E-state index is 14.5. The SMILES string of the molecule is Oc1ccc(C2ON=C(c3ccco3)N2Cc2cnccc2-c2ccccc2F)cc1. The van der Waals surface area contributed by atoms with E-state index < -0.39 is 6.23 Å². The number of amidine groups is 1. The molecule has 3 heterocycles. The summed E-state index contributed by atoms with van der Waals surface area (Å²) in [5.41, 5.74) is 2.85. The van der Waals surface area contributed by atoms with Crippen molar-refractivity contribution in [3.63, 3.8) is 0 Å². The second kappa shape index (κ2) is 7.95. The second-order valence-corrected chi connectivity index (χ2v) is 7.08. The van der Waals surface area contributed by atoms with Crippen LogP contribution in [0.4, 0.5) is 4.39 Å². The number of hydrogen-bond donors (Lipinski definition) is 1. The molecule has 1 atom stereocenters. The molecule has 0 radical (unpaired) electrons. The van der Waals surface area contributed by atoms with E-state index in [0.29, 0.717) is 23.7 Å². The van der Waals surface area contributed by atoms with Crippen LogP contribution in [0.2, 0.25) is 0 Å². The van der Waals surface area contributed by atoms with E-state index in [4.69, 9.17) is 9.25 Å². The molecule has 1 unspecified atom stereocenters. The first-order chi connectivity index (χ1) is 15.2. The van der Waals surface area contributed by atoms with Gasteiger partial charge in [0.05, 0.1) is 12.8 Å². The molecule has 0 saturated carbocycles. The number of furan rings is 1. The topological polar surface area (TPSA) is 71.1 Å². The Balaban J connectivity index is 1.55. The van der Waals surface area contributed by atoms with E-state index in [1.165, 1.54) is 6.07 Å².